The Morgan fingerprint density at radius 1 is 1.31 bits per heavy atom. The van der Waals surface area contributed by atoms with Gasteiger partial charge in [-0.2, -0.15) is 10.2 Å². The van der Waals surface area contributed by atoms with E-state index in [9.17, 15) is 0 Å². The van der Waals surface area contributed by atoms with E-state index in [1.807, 2.05) is 0 Å². The predicted molar refractivity (Wildman–Crippen MR) is 53.5 cm³/mol. The van der Waals surface area contributed by atoms with Gasteiger partial charge in [-0.25, -0.2) is 0 Å². The van der Waals surface area contributed by atoms with Gasteiger partial charge >= 0.3 is 0 Å². The molecule has 1 aliphatic rings. The smallest absolute Gasteiger partial charge is 0.0885 e. The van der Waals surface area contributed by atoms with Gasteiger partial charge in [-0.3, -0.25) is 0 Å². The van der Waals surface area contributed by atoms with Crippen molar-refractivity contribution in [2.45, 2.75) is 13.3 Å². The minimum Gasteiger partial charge on any atom is -0.188 e. The second-order valence-electron chi connectivity index (χ2n) is 3.21. The van der Waals surface area contributed by atoms with E-state index in [2.05, 4.69) is 47.5 Å². The van der Waals surface area contributed by atoms with E-state index < -0.39 is 0 Å². The van der Waals surface area contributed by atoms with Crippen molar-refractivity contribution in [1.29, 1.82) is 0 Å². The Morgan fingerprint density at radius 2 is 2.23 bits per heavy atom. The quantitative estimate of drug-likeness (QED) is 0.621. The van der Waals surface area contributed by atoms with E-state index >= 15 is 0 Å². The molecular formula is C11H12N2. The van der Waals surface area contributed by atoms with Crippen LogP contribution in [0.4, 0.5) is 0 Å². The highest BCUT2D eigenvalue weighted by Crippen LogP contribution is 2.20. The maximum absolute atomic E-state index is 4.13. The molecular weight excluding hydrogens is 160 g/mol. The first-order chi connectivity index (χ1) is 6.36. The van der Waals surface area contributed by atoms with Crippen LogP contribution in [0.2, 0.25) is 0 Å². The summed E-state index contributed by atoms with van der Waals surface area (Å²) in [5.74, 6) is 0. The second kappa shape index (κ2) is 3.52. The summed E-state index contributed by atoms with van der Waals surface area (Å²) in [4.78, 5) is 0. The summed E-state index contributed by atoms with van der Waals surface area (Å²) in [5.41, 5.74) is 3.44. The van der Waals surface area contributed by atoms with Crippen LogP contribution < -0.4 is 0 Å². The van der Waals surface area contributed by atoms with Gasteiger partial charge in [0.2, 0.25) is 0 Å². The van der Waals surface area contributed by atoms with Gasteiger partial charge in [0, 0.05) is 5.56 Å². The molecule has 0 unspecified atom stereocenters. The van der Waals surface area contributed by atoms with Crippen LogP contribution in [0, 0.1) is 6.92 Å². The molecule has 0 saturated heterocycles. The van der Waals surface area contributed by atoms with Crippen LogP contribution in [-0.4, -0.2) is 6.54 Å². The first kappa shape index (κ1) is 8.17. The Hall–Kier alpha value is -1.44. The van der Waals surface area contributed by atoms with Crippen LogP contribution in [0.25, 0.3) is 5.70 Å². The second-order valence-corrected chi connectivity index (χ2v) is 3.21. The van der Waals surface area contributed by atoms with Crippen molar-refractivity contribution >= 4 is 5.70 Å². The highest BCUT2D eigenvalue weighted by molar-refractivity contribution is 5.64. The van der Waals surface area contributed by atoms with Crippen molar-refractivity contribution in [2.24, 2.45) is 10.2 Å². The van der Waals surface area contributed by atoms with Gasteiger partial charge in [0.15, 0.2) is 0 Å². The van der Waals surface area contributed by atoms with Gasteiger partial charge in [0.05, 0.1) is 12.2 Å². The van der Waals surface area contributed by atoms with Crippen molar-refractivity contribution < 1.29 is 0 Å². The van der Waals surface area contributed by atoms with E-state index in [0.29, 0.717) is 0 Å². The third kappa shape index (κ3) is 1.83. The van der Waals surface area contributed by atoms with Crippen molar-refractivity contribution in [3.8, 4) is 0 Å². The van der Waals surface area contributed by atoms with Crippen LogP contribution in [0.15, 0.2) is 40.6 Å². The Morgan fingerprint density at radius 3 is 2.92 bits per heavy atom. The van der Waals surface area contributed by atoms with Gasteiger partial charge in [-0.15, -0.1) is 0 Å². The molecule has 0 fully saturated rings. The molecule has 0 bridgehead atoms. The van der Waals surface area contributed by atoms with Crippen LogP contribution in [-0.2, 0) is 0 Å². The third-order valence-electron chi connectivity index (χ3n) is 2.06. The molecule has 66 valence electrons. The molecule has 0 radical (unpaired) electrons. The van der Waals surface area contributed by atoms with Crippen LogP contribution in [0.3, 0.4) is 0 Å². The SMILES string of the molecule is Cc1cccc(C2=CCCN=N2)c1. The largest absolute Gasteiger partial charge is 0.188 e. The number of nitrogens with zero attached hydrogens (tertiary/aromatic N) is 2. The monoisotopic (exact) mass is 172 g/mol. The zero-order valence-corrected chi connectivity index (χ0v) is 7.70. The first-order valence-corrected chi connectivity index (χ1v) is 4.51. The highest BCUT2D eigenvalue weighted by Gasteiger charge is 2.02. The fourth-order valence-electron chi connectivity index (χ4n) is 1.41. The van der Waals surface area contributed by atoms with Gasteiger partial charge in [-0.05, 0) is 19.4 Å². The predicted octanol–water partition coefficient (Wildman–Crippen LogP) is 3.19. The number of aryl methyl sites for hydroxylation is 1. The molecule has 0 saturated carbocycles. The van der Waals surface area contributed by atoms with Gasteiger partial charge in [0.25, 0.3) is 0 Å². The van der Waals surface area contributed by atoms with Crippen LogP contribution in [0.5, 0.6) is 0 Å². The van der Waals surface area contributed by atoms with E-state index in [1.54, 1.807) is 0 Å². The van der Waals surface area contributed by atoms with Crippen molar-refractivity contribution in [3.05, 3.63) is 41.5 Å². The van der Waals surface area contributed by atoms with Crippen LogP contribution >= 0.6 is 0 Å². The molecule has 1 heterocycles. The topological polar surface area (TPSA) is 24.7 Å². The molecule has 1 aromatic rings. The summed E-state index contributed by atoms with van der Waals surface area (Å²) in [6, 6.07) is 8.35. The number of hydrogen-bond acceptors (Lipinski definition) is 2. The molecule has 0 atom stereocenters. The third-order valence-corrected chi connectivity index (χ3v) is 2.06. The first-order valence-electron chi connectivity index (χ1n) is 4.51. The van der Waals surface area contributed by atoms with E-state index in [4.69, 9.17) is 0 Å². The summed E-state index contributed by atoms with van der Waals surface area (Å²) in [7, 11) is 0. The highest BCUT2D eigenvalue weighted by atomic mass is 15.1. The molecule has 2 nitrogen and oxygen atoms in total. The molecule has 0 aromatic heterocycles. The van der Waals surface area contributed by atoms with Crippen LogP contribution in [0.1, 0.15) is 17.5 Å². The lowest BCUT2D eigenvalue weighted by Gasteiger charge is -2.05. The molecule has 2 rings (SSSR count). The van der Waals surface area contributed by atoms with Crippen molar-refractivity contribution in [2.75, 3.05) is 6.54 Å². The lowest BCUT2D eigenvalue weighted by Crippen LogP contribution is -1.88. The minimum absolute atomic E-state index is 0.829. The Bertz CT molecular complexity index is 364. The zero-order chi connectivity index (χ0) is 9.10. The lowest BCUT2D eigenvalue weighted by atomic mass is 10.1. The lowest BCUT2D eigenvalue weighted by molar-refractivity contribution is 0.900. The molecule has 2 heteroatoms. The standard InChI is InChI=1S/C11H12N2/c1-9-4-2-5-10(8-9)11-6-3-7-12-13-11/h2,4-6,8H,3,7H2,1H3. The average Bonchev–Trinajstić information content (AvgIpc) is 2.19. The zero-order valence-electron chi connectivity index (χ0n) is 7.70. The molecule has 1 aromatic carbocycles. The van der Waals surface area contributed by atoms with E-state index in [0.717, 1.165) is 18.7 Å². The number of azo groups is 1. The minimum atomic E-state index is 0.829. The maximum atomic E-state index is 4.13. The Balaban J connectivity index is 2.35. The van der Waals surface area contributed by atoms with Gasteiger partial charge in [-0.1, -0.05) is 29.8 Å². The Labute approximate surface area is 78.0 Å². The van der Waals surface area contributed by atoms with Crippen molar-refractivity contribution in [1.82, 2.24) is 0 Å². The average molecular weight is 172 g/mol. The number of hydrogen-bond donors (Lipinski definition) is 0. The van der Waals surface area contributed by atoms with Gasteiger partial charge < -0.3 is 0 Å². The van der Waals surface area contributed by atoms with E-state index in [1.165, 1.54) is 11.1 Å². The fourth-order valence-corrected chi connectivity index (χ4v) is 1.41. The molecule has 0 spiro atoms. The molecule has 13 heavy (non-hydrogen) atoms. The molecule has 0 aliphatic carbocycles. The molecule has 0 N–H and O–H groups in total. The summed E-state index contributed by atoms with van der Waals surface area (Å²) in [5, 5.41) is 8.15. The summed E-state index contributed by atoms with van der Waals surface area (Å²) in [6.45, 7) is 2.92. The van der Waals surface area contributed by atoms with Gasteiger partial charge in [0.1, 0.15) is 0 Å². The normalized spacial score (nSPS) is 15.6. The summed E-state index contributed by atoms with van der Waals surface area (Å²) < 4.78 is 0. The Kier molecular flexibility index (Phi) is 2.21. The fraction of sp³-hybridized carbons (Fsp3) is 0.273. The summed E-state index contributed by atoms with van der Waals surface area (Å²) in [6.07, 6.45) is 3.15. The molecule has 0 amide bonds. The van der Waals surface area contributed by atoms with E-state index in [-0.39, 0.29) is 0 Å². The van der Waals surface area contributed by atoms with Crippen molar-refractivity contribution in [3.63, 3.8) is 0 Å². The number of benzene rings is 1. The number of rotatable bonds is 1. The maximum Gasteiger partial charge on any atom is 0.0885 e. The summed E-state index contributed by atoms with van der Waals surface area (Å²) >= 11 is 0. The molecule has 1 aliphatic heterocycles.